The Morgan fingerprint density at radius 3 is 3.25 bits per heavy atom. The van der Waals surface area contributed by atoms with E-state index in [-0.39, 0.29) is 0 Å². The van der Waals surface area contributed by atoms with Crippen LogP contribution in [0.15, 0.2) is 12.5 Å². The van der Waals surface area contributed by atoms with Crippen LogP contribution in [0.1, 0.15) is 5.69 Å². The Bertz CT molecular complexity index is 157. The number of hydrogen-bond donors (Lipinski definition) is 1. The summed E-state index contributed by atoms with van der Waals surface area (Å²) in [7, 11) is 0. The van der Waals surface area contributed by atoms with Crippen LogP contribution in [0.25, 0.3) is 0 Å². The van der Waals surface area contributed by atoms with Gasteiger partial charge in [-0.05, 0) is 5.37 Å². The summed E-state index contributed by atoms with van der Waals surface area (Å²) in [5.74, 6) is 0. The minimum atomic E-state index is 0.801. The molecule has 1 rings (SSSR count). The maximum absolute atomic E-state index is 4.63. The topological polar surface area (TPSA) is 28.7 Å². The zero-order chi connectivity index (χ0) is 5.82. The lowest BCUT2D eigenvalue weighted by Gasteiger charge is -1.80. The molecule has 1 aromatic heterocycles. The van der Waals surface area contributed by atoms with E-state index in [0.29, 0.717) is 0 Å². The van der Waals surface area contributed by atoms with Crippen molar-refractivity contribution in [2.45, 2.75) is 6.42 Å². The first-order valence-corrected chi connectivity index (χ1v) is 2.81. The molecule has 8 heavy (non-hydrogen) atoms. The maximum Gasteiger partial charge on any atom is 0.0921 e. The summed E-state index contributed by atoms with van der Waals surface area (Å²) in [5.41, 5.74) is 1.07. The highest BCUT2D eigenvalue weighted by Gasteiger charge is 1.85. The Morgan fingerprint density at radius 2 is 2.75 bits per heavy atom. The summed E-state index contributed by atoms with van der Waals surface area (Å²) in [5, 5.41) is 1.67. The number of nitrogens with one attached hydrogen (secondary N) is 1. The number of aromatic amines is 1. The van der Waals surface area contributed by atoms with Crippen molar-refractivity contribution in [1.82, 2.24) is 9.97 Å². The highest BCUT2D eigenvalue weighted by atomic mass is 32.1. The lowest BCUT2D eigenvalue weighted by atomic mass is 10.4. The van der Waals surface area contributed by atoms with E-state index in [9.17, 15) is 0 Å². The van der Waals surface area contributed by atoms with E-state index >= 15 is 0 Å². The van der Waals surface area contributed by atoms with Crippen molar-refractivity contribution in [2.75, 3.05) is 0 Å². The lowest BCUT2D eigenvalue weighted by Crippen LogP contribution is -1.80. The van der Waals surface area contributed by atoms with Crippen molar-refractivity contribution in [3.8, 4) is 0 Å². The van der Waals surface area contributed by atoms with Crippen LogP contribution < -0.4 is 0 Å². The van der Waals surface area contributed by atoms with Crippen molar-refractivity contribution in [1.29, 1.82) is 0 Å². The van der Waals surface area contributed by atoms with Crippen LogP contribution in [0.5, 0.6) is 0 Å². The lowest BCUT2D eigenvalue weighted by molar-refractivity contribution is 1.21. The van der Waals surface area contributed by atoms with Crippen molar-refractivity contribution in [3.63, 3.8) is 0 Å². The number of H-pyrrole nitrogens is 1. The molecule has 2 nitrogen and oxygen atoms in total. The molecule has 0 atom stereocenters. The van der Waals surface area contributed by atoms with Gasteiger partial charge in [0, 0.05) is 18.3 Å². The number of aromatic nitrogens is 2. The first-order chi connectivity index (χ1) is 3.93. The van der Waals surface area contributed by atoms with Gasteiger partial charge in [-0.2, -0.15) is 0 Å². The normalized spacial score (nSPS) is 9.00. The molecule has 0 aliphatic rings. The third kappa shape index (κ3) is 1.13. The molecular weight excluding hydrogens is 120 g/mol. The fraction of sp³-hybridized carbons (Fsp3) is 0.200. The average molecular weight is 126 g/mol. The van der Waals surface area contributed by atoms with E-state index in [4.69, 9.17) is 0 Å². The molecule has 0 amide bonds. The summed E-state index contributed by atoms with van der Waals surface area (Å²) in [6.07, 6.45) is 4.21. The minimum Gasteiger partial charge on any atom is -0.348 e. The van der Waals surface area contributed by atoms with Crippen LogP contribution in [0.2, 0.25) is 0 Å². The molecule has 0 saturated carbocycles. The van der Waals surface area contributed by atoms with Crippen LogP contribution in [-0.4, -0.2) is 15.3 Å². The van der Waals surface area contributed by atoms with Gasteiger partial charge in [-0.25, -0.2) is 4.98 Å². The number of nitrogens with zero attached hydrogens (tertiary/aromatic N) is 1. The zero-order valence-electron chi connectivity index (χ0n) is 4.29. The van der Waals surface area contributed by atoms with Gasteiger partial charge < -0.3 is 4.98 Å². The second kappa shape index (κ2) is 2.57. The Kier molecular flexibility index (Phi) is 1.75. The summed E-state index contributed by atoms with van der Waals surface area (Å²) >= 11 is 4.63. The summed E-state index contributed by atoms with van der Waals surface area (Å²) in [6, 6.07) is 0. The van der Waals surface area contributed by atoms with Crippen LogP contribution >= 0.6 is 12.2 Å². The van der Waals surface area contributed by atoms with Gasteiger partial charge in [0.15, 0.2) is 0 Å². The SMILES string of the molecule is S=CCc1cnc[nH]1. The molecule has 1 heterocycles. The largest absolute Gasteiger partial charge is 0.348 e. The Hall–Kier alpha value is -0.700. The monoisotopic (exact) mass is 126 g/mol. The molecular formula is C5H6N2S. The van der Waals surface area contributed by atoms with E-state index in [1.807, 2.05) is 0 Å². The van der Waals surface area contributed by atoms with Crippen LogP contribution in [0.3, 0.4) is 0 Å². The molecule has 0 aliphatic carbocycles. The minimum absolute atomic E-state index is 0.801. The molecule has 1 N–H and O–H groups in total. The average Bonchev–Trinajstić information content (AvgIpc) is 2.19. The highest BCUT2D eigenvalue weighted by molar-refractivity contribution is 7.78. The van der Waals surface area contributed by atoms with Gasteiger partial charge in [-0.15, -0.1) is 0 Å². The van der Waals surface area contributed by atoms with Gasteiger partial charge in [-0.3, -0.25) is 0 Å². The van der Waals surface area contributed by atoms with E-state index in [1.54, 1.807) is 17.9 Å². The van der Waals surface area contributed by atoms with Gasteiger partial charge in [0.2, 0.25) is 0 Å². The molecule has 42 valence electrons. The van der Waals surface area contributed by atoms with Gasteiger partial charge in [-0.1, -0.05) is 12.2 Å². The maximum atomic E-state index is 4.63. The molecule has 0 saturated heterocycles. The summed E-state index contributed by atoms with van der Waals surface area (Å²) in [6.45, 7) is 0. The van der Waals surface area contributed by atoms with Crippen LogP contribution in [0, 0.1) is 0 Å². The van der Waals surface area contributed by atoms with E-state index < -0.39 is 0 Å². The second-order valence-corrected chi connectivity index (χ2v) is 1.78. The number of thiocarbonyl (C=S) groups is 1. The molecule has 0 spiro atoms. The van der Waals surface area contributed by atoms with Gasteiger partial charge in [0.1, 0.15) is 0 Å². The summed E-state index contributed by atoms with van der Waals surface area (Å²) in [4.78, 5) is 6.75. The molecule has 0 aromatic carbocycles. The predicted molar refractivity (Wildman–Crippen MR) is 35.9 cm³/mol. The third-order valence-corrected chi connectivity index (χ3v) is 1.02. The molecule has 0 unspecified atom stereocenters. The Balaban J connectivity index is 2.62. The van der Waals surface area contributed by atoms with Crippen LogP contribution in [0.4, 0.5) is 0 Å². The first kappa shape index (κ1) is 5.44. The zero-order valence-corrected chi connectivity index (χ0v) is 5.11. The molecule has 0 fully saturated rings. The Morgan fingerprint density at radius 1 is 1.88 bits per heavy atom. The molecule has 3 heteroatoms. The molecule has 0 radical (unpaired) electrons. The quantitative estimate of drug-likeness (QED) is 0.598. The fourth-order valence-corrected chi connectivity index (χ4v) is 0.666. The molecule has 0 bridgehead atoms. The van der Waals surface area contributed by atoms with Crippen molar-refractivity contribution < 1.29 is 0 Å². The number of rotatable bonds is 2. The van der Waals surface area contributed by atoms with Gasteiger partial charge in [0.25, 0.3) is 0 Å². The Labute approximate surface area is 52.9 Å². The number of hydrogen-bond acceptors (Lipinski definition) is 2. The smallest absolute Gasteiger partial charge is 0.0921 e. The molecule has 0 aliphatic heterocycles. The molecule has 1 aromatic rings. The second-order valence-electron chi connectivity index (χ2n) is 1.45. The fourth-order valence-electron chi connectivity index (χ4n) is 0.486. The van der Waals surface area contributed by atoms with Gasteiger partial charge >= 0.3 is 0 Å². The van der Waals surface area contributed by atoms with Crippen LogP contribution in [-0.2, 0) is 6.42 Å². The highest BCUT2D eigenvalue weighted by Crippen LogP contribution is 1.88. The van der Waals surface area contributed by atoms with Gasteiger partial charge in [0.05, 0.1) is 6.33 Å². The van der Waals surface area contributed by atoms with Crippen molar-refractivity contribution in [2.24, 2.45) is 0 Å². The van der Waals surface area contributed by atoms with Crippen molar-refractivity contribution >= 4 is 17.6 Å². The van der Waals surface area contributed by atoms with E-state index in [0.717, 1.165) is 12.1 Å². The van der Waals surface area contributed by atoms with E-state index in [1.165, 1.54) is 0 Å². The standard InChI is InChI=1S/C5H6N2S/c8-2-1-5-3-6-4-7-5/h2-4H,1H2,(H,6,7). The first-order valence-electron chi connectivity index (χ1n) is 2.34. The third-order valence-electron chi connectivity index (χ3n) is 0.858. The predicted octanol–water partition coefficient (Wildman–Crippen LogP) is 0.952. The number of imidazole rings is 1. The van der Waals surface area contributed by atoms with E-state index in [2.05, 4.69) is 22.2 Å². The summed E-state index contributed by atoms with van der Waals surface area (Å²) < 4.78 is 0. The van der Waals surface area contributed by atoms with Crippen molar-refractivity contribution in [3.05, 3.63) is 18.2 Å².